The molecule has 7 nitrogen and oxygen atoms in total. The van der Waals surface area contributed by atoms with Gasteiger partial charge in [-0.2, -0.15) is 0 Å². The Balaban J connectivity index is 1.32. The molecule has 186 valence electrons. The molecule has 1 fully saturated rings. The van der Waals surface area contributed by atoms with E-state index in [2.05, 4.69) is 34.9 Å². The van der Waals surface area contributed by atoms with Crippen LogP contribution in [-0.2, 0) is 14.3 Å². The fourth-order valence-corrected chi connectivity index (χ4v) is 5.50. The zero-order chi connectivity index (χ0) is 25.0. The standard InChI is InChI=1S/C28H34N2O5/c1-28(2,16-25(31)29-24(15-26(32)33)18-9-3-4-10-18)30-27(34)35-17-23-21-13-7-5-11-19(21)20-12-6-8-14-22(20)23/h5-8,11-14,18,23-24H,3-4,9-10,15-17H2,1-2H3,(H,29,31)(H,30,34)(H,32,33). The van der Waals surface area contributed by atoms with Crippen LogP contribution in [0.1, 0.15) is 69.4 Å². The average molecular weight is 479 g/mol. The highest BCUT2D eigenvalue weighted by molar-refractivity contribution is 5.80. The van der Waals surface area contributed by atoms with Crippen molar-refractivity contribution in [1.82, 2.24) is 10.6 Å². The monoisotopic (exact) mass is 478 g/mol. The summed E-state index contributed by atoms with van der Waals surface area (Å²) in [6.07, 6.45) is 3.34. The molecule has 2 aliphatic carbocycles. The van der Waals surface area contributed by atoms with E-state index < -0.39 is 17.6 Å². The maximum Gasteiger partial charge on any atom is 0.407 e. The summed E-state index contributed by atoms with van der Waals surface area (Å²) in [4.78, 5) is 36.7. The average Bonchev–Trinajstić information content (AvgIpc) is 3.43. The summed E-state index contributed by atoms with van der Waals surface area (Å²) >= 11 is 0. The van der Waals surface area contributed by atoms with Gasteiger partial charge < -0.3 is 20.5 Å². The lowest BCUT2D eigenvalue weighted by molar-refractivity contribution is -0.138. The molecule has 4 rings (SSSR count). The highest BCUT2D eigenvalue weighted by Gasteiger charge is 2.32. The van der Waals surface area contributed by atoms with Crippen LogP contribution >= 0.6 is 0 Å². The van der Waals surface area contributed by atoms with Crippen LogP contribution in [0.2, 0.25) is 0 Å². The van der Waals surface area contributed by atoms with Gasteiger partial charge in [0.25, 0.3) is 0 Å². The van der Waals surface area contributed by atoms with Crippen molar-refractivity contribution >= 4 is 18.0 Å². The third-order valence-corrected chi connectivity index (χ3v) is 7.10. The molecule has 0 radical (unpaired) electrons. The Kier molecular flexibility index (Phi) is 7.43. The van der Waals surface area contributed by atoms with E-state index in [0.717, 1.165) is 47.9 Å². The fraction of sp³-hybridized carbons (Fsp3) is 0.464. The molecular formula is C28H34N2O5. The number of hydrogen-bond donors (Lipinski definition) is 3. The first-order valence-electron chi connectivity index (χ1n) is 12.4. The first-order chi connectivity index (χ1) is 16.7. The summed E-state index contributed by atoms with van der Waals surface area (Å²) in [7, 11) is 0. The third-order valence-electron chi connectivity index (χ3n) is 7.10. The molecule has 0 aliphatic heterocycles. The second-order valence-corrected chi connectivity index (χ2v) is 10.3. The lowest BCUT2D eigenvalue weighted by Crippen LogP contribution is -2.49. The predicted octanol–water partition coefficient (Wildman–Crippen LogP) is 4.84. The molecule has 2 aromatic rings. The minimum Gasteiger partial charge on any atom is -0.481 e. The van der Waals surface area contributed by atoms with Crippen molar-refractivity contribution in [1.29, 1.82) is 0 Å². The van der Waals surface area contributed by atoms with E-state index in [0.29, 0.717) is 0 Å². The quantitative estimate of drug-likeness (QED) is 0.478. The topological polar surface area (TPSA) is 105 Å². The van der Waals surface area contributed by atoms with E-state index in [1.165, 1.54) is 0 Å². The maximum atomic E-state index is 12.7. The summed E-state index contributed by atoms with van der Waals surface area (Å²) in [6.45, 7) is 3.72. The molecule has 2 aliphatic rings. The Bertz CT molecular complexity index is 1040. The number of carboxylic acid groups (broad SMARTS) is 1. The minimum atomic E-state index is -0.918. The highest BCUT2D eigenvalue weighted by atomic mass is 16.5. The number of fused-ring (bicyclic) bond motifs is 3. The maximum absolute atomic E-state index is 12.7. The number of ether oxygens (including phenoxy) is 1. The number of alkyl carbamates (subject to hydrolysis) is 1. The molecule has 1 unspecified atom stereocenters. The third kappa shape index (κ3) is 6.02. The molecule has 3 N–H and O–H groups in total. The fourth-order valence-electron chi connectivity index (χ4n) is 5.50. The van der Waals surface area contributed by atoms with Crippen LogP contribution in [0.25, 0.3) is 11.1 Å². The van der Waals surface area contributed by atoms with Gasteiger partial charge in [-0.1, -0.05) is 61.4 Å². The second kappa shape index (κ2) is 10.5. The Morgan fingerprint density at radius 2 is 1.57 bits per heavy atom. The number of carboxylic acids is 1. The van der Waals surface area contributed by atoms with Crippen LogP contribution in [0, 0.1) is 5.92 Å². The summed E-state index contributed by atoms with van der Waals surface area (Å²) in [6, 6.07) is 15.9. The largest absolute Gasteiger partial charge is 0.481 e. The Morgan fingerprint density at radius 3 is 2.14 bits per heavy atom. The zero-order valence-corrected chi connectivity index (χ0v) is 20.4. The SMILES string of the molecule is CC(C)(CC(=O)NC(CC(=O)O)C1CCCC1)NC(=O)OCC1c2ccccc2-c2ccccc21. The van der Waals surface area contributed by atoms with Crippen LogP contribution in [0.15, 0.2) is 48.5 Å². The Labute approximate surface area is 206 Å². The van der Waals surface area contributed by atoms with Gasteiger partial charge in [0.15, 0.2) is 0 Å². The first-order valence-corrected chi connectivity index (χ1v) is 12.4. The van der Waals surface area contributed by atoms with Gasteiger partial charge in [-0.3, -0.25) is 9.59 Å². The minimum absolute atomic E-state index is 0.0278. The lowest BCUT2D eigenvalue weighted by Gasteiger charge is -2.28. The molecule has 2 amide bonds. The Hall–Kier alpha value is -3.35. The van der Waals surface area contributed by atoms with Crippen LogP contribution in [0.3, 0.4) is 0 Å². The van der Waals surface area contributed by atoms with Gasteiger partial charge in [-0.15, -0.1) is 0 Å². The molecule has 35 heavy (non-hydrogen) atoms. The summed E-state index contributed by atoms with van der Waals surface area (Å²) in [5.74, 6) is -1.04. The number of nitrogens with one attached hydrogen (secondary N) is 2. The van der Waals surface area contributed by atoms with E-state index in [4.69, 9.17) is 4.74 Å². The molecule has 0 aromatic heterocycles. The first kappa shape index (κ1) is 24.8. The van der Waals surface area contributed by atoms with Crippen molar-refractivity contribution in [2.24, 2.45) is 5.92 Å². The van der Waals surface area contributed by atoms with E-state index in [9.17, 15) is 19.5 Å². The zero-order valence-electron chi connectivity index (χ0n) is 20.4. The van der Waals surface area contributed by atoms with Gasteiger partial charge in [-0.25, -0.2) is 4.79 Å². The molecule has 2 aromatic carbocycles. The van der Waals surface area contributed by atoms with Crippen molar-refractivity contribution in [2.45, 2.75) is 69.9 Å². The number of carbonyl (C=O) groups excluding carboxylic acids is 2. The van der Waals surface area contributed by atoms with Gasteiger partial charge >= 0.3 is 12.1 Å². The molecule has 0 saturated heterocycles. The summed E-state index contributed by atoms with van der Waals surface area (Å²) < 4.78 is 5.61. The number of hydrogen-bond acceptors (Lipinski definition) is 4. The number of benzene rings is 2. The smallest absolute Gasteiger partial charge is 0.407 e. The van der Waals surface area contributed by atoms with Crippen LogP contribution < -0.4 is 10.6 Å². The predicted molar refractivity (Wildman–Crippen MR) is 133 cm³/mol. The van der Waals surface area contributed by atoms with Crippen molar-refractivity contribution in [3.63, 3.8) is 0 Å². The summed E-state index contributed by atoms with van der Waals surface area (Å²) in [5, 5.41) is 15.0. The molecule has 0 heterocycles. The van der Waals surface area contributed by atoms with Gasteiger partial charge in [0.05, 0.1) is 6.42 Å². The van der Waals surface area contributed by atoms with E-state index in [1.54, 1.807) is 13.8 Å². The van der Waals surface area contributed by atoms with Gasteiger partial charge in [0, 0.05) is 23.9 Å². The van der Waals surface area contributed by atoms with Crippen molar-refractivity contribution < 1.29 is 24.2 Å². The Morgan fingerprint density at radius 1 is 1.00 bits per heavy atom. The number of aliphatic carboxylic acids is 1. The molecular weight excluding hydrogens is 444 g/mol. The lowest BCUT2D eigenvalue weighted by atomic mass is 9.94. The molecule has 0 bridgehead atoms. The number of carbonyl (C=O) groups is 3. The van der Waals surface area contributed by atoms with Gasteiger partial charge in [-0.05, 0) is 54.9 Å². The van der Waals surface area contributed by atoms with E-state index in [-0.39, 0.29) is 43.2 Å². The van der Waals surface area contributed by atoms with E-state index >= 15 is 0 Å². The van der Waals surface area contributed by atoms with Crippen LogP contribution in [-0.4, -0.2) is 41.3 Å². The van der Waals surface area contributed by atoms with Crippen molar-refractivity contribution in [2.75, 3.05) is 6.61 Å². The molecule has 1 saturated carbocycles. The molecule has 7 heteroatoms. The highest BCUT2D eigenvalue weighted by Crippen LogP contribution is 2.44. The van der Waals surface area contributed by atoms with Crippen molar-refractivity contribution in [3.8, 4) is 11.1 Å². The molecule has 0 spiro atoms. The normalized spacial score (nSPS) is 16.3. The van der Waals surface area contributed by atoms with E-state index in [1.807, 2.05) is 24.3 Å². The second-order valence-electron chi connectivity index (χ2n) is 10.3. The molecule has 1 atom stereocenters. The van der Waals surface area contributed by atoms with Gasteiger partial charge in [0.2, 0.25) is 5.91 Å². The number of amides is 2. The van der Waals surface area contributed by atoms with Crippen LogP contribution in [0.5, 0.6) is 0 Å². The van der Waals surface area contributed by atoms with Crippen molar-refractivity contribution in [3.05, 3.63) is 59.7 Å². The number of rotatable bonds is 9. The summed E-state index contributed by atoms with van der Waals surface area (Å²) in [5.41, 5.74) is 3.74. The van der Waals surface area contributed by atoms with Gasteiger partial charge in [0.1, 0.15) is 6.61 Å². The van der Waals surface area contributed by atoms with Crippen LogP contribution in [0.4, 0.5) is 4.79 Å².